The summed E-state index contributed by atoms with van der Waals surface area (Å²) in [6.45, 7) is 4.38. The van der Waals surface area contributed by atoms with Gasteiger partial charge in [-0.2, -0.15) is 0 Å². The number of nitrogens with one attached hydrogen (secondary N) is 1. The van der Waals surface area contributed by atoms with Crippen molar-refractivity contribution in [3.05, 3.63) is 48.6 Å². The molecule has 0 aromatic rings. The van der Waals surface area contributed by atoms with Gasteiger partial charge >= 0.3 is 5.97 Å². The molecule has 558 valence electrons. The third kappa shape index (κ3) is 61.2. The molecule has 11 nitrogen and oxygen atoms in total. The summed E-state index contributed by atoms with van der Waals surface area (Å²) < 4.78 is 16.8. The van der Waals surface area contributed by atoms with Gasteiger partial charge in [-0.25, -0.2) is 0 Å². The SMILES string of the molecule is CCCCCC/C=C\CCCCCCCC(=O)OCCCCCCCCCCCCCCCCC/C=C\C/C=C\CCCCCCCCCCCCCCCCCCCC(=O)NC(COC1OC(CO)C(O)C(O)C1O)C(O)/C=C/CCCCCCCCCCCCCCC. The van der Waals surface area contributed by atoms with Gasteiger partial charge in [-0.15, -0.1) is 0 Å². The van der Waals surface area contributed by atoms with Crippen LogP contribution in [0.1, 0.15) is 412 Å². The summed E-state index contributed by atoms with van der Waals surface area (Å²) in [4.78, 5) is 25.2. The molecule has 0 aliphatic carbocycles. The fraction of sp³-hybridized carbons (Fsp3) is 0.881. The zero-order chi connectivity index (χ0) is 68.6. The topological polar surface area (TPSA) is 175 Å². The monoisotopic (exact) mass is 1340 g/mol. The highest BCUT2D eigenvalue weighted by molar-refractivity contribution is 5.76. The Morgan fingerprint density at radius 1 is 0.389 bits per heavy atom. The van der Waals surface area contributed by atoms with E-state index in [4.69, 9.17) is 14.2 Å². The van der Waals surface area contributed by atoms with Crippen LogP contribution in [0.3, 0.4) is 0 Å². The zero-order valence-electron chi connectivity index (χ0n) is 62.4. The number of carbonyl (C=O) groups excluding carboxylic acids is 2. The van der Waals surface area contributed by atoms with Crippen LogP contribution in [0.4, 0.5) is 0 Å². The van der Waals surface area contributed by atoms with Crippen molar-refractivity contribution in [3.63, 3.8) is 0 Å². The quantitative estimate of drug-likeness (QED) is 0.0195. The molecule has 1 aliphatic rings. The van der Waals surface area contributed by atoms with Crippen LogP contribution >= 0.6 is 0 Å². The van der Waals surface area contributed by atoms with Crippen molar-refractivity contribution in [2.75, 3.05) is 19.8 Å². The molecule has 1 fully saturated rings. The first-order valence-corrected chi connectivity index (χ1v) is 41.4. The van der Waals surface area contributed by atoms with Crippen LogP contribution in [-0.4, -0.2) is 100 Å². The number of allylic oxidation sites excluding steroid dienone is 7. The molecule has 0 radical (unpaired) electrons. The van der Waals surface area contributed by atoms with Gasteiger partial charge in [0.05, 0.1) is 32.0 Å². The van der Waals surface area contributed by atoms with E-state index < -0.39 is 49.5 Å². The lowest BCUT2D eigenvalue weighted by molar-refractivity contribution is -0.302. The normalized spacial score (nSPS) is 17.6. The Balaban J connectivity index is 1.92. The number of ether oxygens (including phenoxy) is 3. The van der Waals surface area contributed by atoms with Gasteiger partial charge in [0.15, 0.2) is 6.29 Å². The van der Waals surface area contributed by atoms with E-state index in [2.05, 4.69) is 55.6 Å². The van der Waals surface area contributed by atoms with Gasteiger partial charge in [0.1, 0.15) is 24.4 Å². The average molecular weight is 1340 g/mol. The standard InChI is InChI=1S/C84H157NO10/c1-3-5-7-9-11-13-15-17-43-47-50-54-58-62-66-70-77(87)76(75-94-84-83(92)82(91)81(90)78(74-86)95-84)85-79(88)71-67-63-59-55-51-48-44-41-39-37-35-33-31-29-27-25-23-21-19-18-20-22-24-26-28-30-32-34-36-38-40-42-45-49-53-57-61-65-69-73-93-80(89)72-68-64-60-56-52-46-16-14-12-10-8-6-4-2/h14,16,18-19,22,24,66,70,76-78,81-84,86-87,90-92H,3-13,15,17,20-21,23,25-65,67-69,71-75H2,1-2H3,(H,85,88)/b16-14-,19-18-,24-22-,70-66+. The fourth-order valence-corrected chi connectivity index (χ4v) is 13.2. The number of aliphatic hydroxyl groups excluding tert-OH is 5. The number of unbranched alkanes of at least 4 members (excludes halogenated alkanes) is 54. The van der Waals surface area contributed by atoms with Crippen molar-refractivity contribution >= 4 is 11.9 Å². The number of amides is 1. The molecule has 11 heteroatoms. The Hall–Kier alpha value is -2.38. The highest BCUT2D eigenvalue weighted by Crippen LogP contribution is 2.24. The minimum Gasteiger partial charge on any atom is -0.466 e. The second-order valence-electron chi connectivity index (χ2n) is 28.8. The minimum absolute atomic E-state index is 0.00572. The maximum absolute atomic E-state index is 13.1. The number of esters is 1. The zero-order valence-corrected chi connectivity index (χ0v) is 62.4. The highest BCUT2D eigenvalue weighted by atomic mass is 16.7. The smallest absolute Gasteiger partial charge is 0.305 e. The van der Waals surface area contributed by atoms with Gasteiger partial charge in [-0.3, -0.25) is 9.59 Å². The third-order valence-corrected chi connectivity index (χ3v) is 19.7. The van der Waals surface area contributed by atoms with Crippen molar-refractivity contribution in [2.24, 2.45) is 0 Å². The Kier molecular flexibility index (Phi) is 69.5. The third-order valence-electron chi connectivity index (χ3n) is 19.7. The van der Waals surface area contributed by atoms with Crippen LogP contribution in [0.2, 0.25) is 0 Å². The molecule has 1 amide bonds. The molecule has 7 atom stereocenters. The van der Waals surface area contributed by atoms with Crippen molar-refractivity contribution in [3.8, 4) is 0 Å². The van der Waals surface area contributed by atoms with Gasteiger partial charge in [0.25, 0.3) is 0 Å². The van der Waals surface area contributed by atoms with Crippen LogP contribution in [0.25, 0.3) is 0 Å². The van der Waals surface area contributed by atoms with Crippen LogP contribution in [0, 0.1) is 0 Å². The van der Waals surface area contributed by atoms with E-state index in [0.717, 1.165) is 64.2 Å². The fourth-order valence-electron chi connectivity index (χ4n) is 13.2. The molecule has 0 spiro atoms. The van der Waals surface area contributed by atoms with Crippen LogP contribution in [-0.2, 0) is 23.8 Å². The molecule has 0 bridgehead atoms. The maximum Gasteiger partial charge on any atom is 0.305 e. The van der Waals surface area contributed by atoms with Crippen LogP contribution in [0.15, 0.2) is 48.6 Å². The Bertz CT molecular complexity index is 1720. The first-order chi connectivity index (χ1) is 46.7. The molecule has 1 aliphatic heterocycles. The number of hydrogen-bond donors (Lipinski definition) is 6. The van der Waals surface area contributed by atoms with E-state index in [1.165, 1.54) is 321 Å². The van der Waals surface area contributed by atoms with Crippen LogP contribution in [0.5, 0.6) is 0 Å². The lowest BCUT2D eigenvalue weighted by Crippen LogP contribution is -2.60. The van der Waals surface area contributed by atoms with E-state index in [9.17, 15) is 35.1 Å². The van der Waals surface area contributed by atoms with Crippen molar-refractivity contribution < 1.29 is 49.3 Å². The predicted octanol–water partition coefficient (Wildman–Crippen LogP) is 22.6. The Morgan fingerprint density at radius 3 is 1.08 bits per heavy atom. The first kappa shape index (κ1) is 90.6. The first-order valence-electron chi connectivity index (χ1n) is 41.4. The van der Waals surface area contributed by atoms with Crippen molar-refractivity contribution in [2.45, 2.75) is 455 Å². The number of aliphatic hydroxyl groups is 5. The second-order valence-corrected chi connectivity index (χ2v) is 28.8. The number of hydrogen-bond acceptors (Lipinski definition) is 10. The lowest BCUT2D eigenvalue weighted by Gasteiger charge is -2.40. The summed E-state index contributed by atoms with van der Waals surface area (Å²) in [5.74, 6) is -0.170. The molecule has 0 aromatic heterocycles. The van der Waals surface area contributed by atoms with Gasteiger partial charge in [0.2, 0.25) is 5.91 Å². The summed E-state index contributed by atoms with van der Waals surface area (Å²) in [5.41, 5.74) is 0. The largest absolute Gasteiger partial charge is 0.466 e. The molecule has 0 saturated carbocycles. The second kappa shape index (κ2) is 72.9. The van der Waals surface area contributed by atoms with E-state index >= 15 is 0 Å². The molecule has 7 unspecified atom stereocenters. The number of rotatable bonds is 74. The van der Waals surface area contributed by atoms with E-state index in [1.807, 2.05) is 6.08 Å². The molecule has 1 saturated heterocycles. The Morgan fingerprint density at radius 2 is 0.705 bits per heavy atom. The summed E-state index contributed by atoms with van der Waals surface area (Å²) in [5, 5.41) is 54.7. The summed E-state index contributed by atoms with van der Waals surface area (Å²) >= 11 is 0. The van der Waals surface area contributed by atoms with Crippen LogP contribution < -0.4 is 5.32 Å². The van der Waals surface area contributed by atoms with E-state index in [0.29, 0.717) is 19.4 Å². The Labute approximate surface area is 586 Å². The minimum atomic E-state index is -1.57. The molecule has 1 rings (SSSR count). The summed E-state index contributed by atoms with van der Waals surface area (Å²) in [6, 6.07) is -0.809. The summed E-state index contributed by atoms with van der Waals surface area (Å²) in [6.07, 6.45) is 87.1. The predicted molar refractivity (Wildman–Crippen MR) is 403 cm³/mol. The van der Waals surface area contributed by atoms with Gasteiger partial charge in [-0.05, 0) is 89.9 Å². The molecule has 6 N–H and O–H groups in total. The molecular formula is C84H157NO10. The highest BCUT2D eigenvalue weighted by Gasteiger charge is 2.44. The molecule has 95 heavy (non-hydrogen) atoms. The van der Waals surface area contributed by atoms with E-state index in [1.54, 1.807) is 6.08 Å². The average Bonchev–Trinajstić information content (AvgIpc) is 0.849. The lowest BCUT2D eigenvalue weighted by atomic mass is 9.99. The van der Waals surface area contributed by atoms with Gasteiger partial charge in [0, 0.05) is 12.8 Å². The van der Waals surface area contributed by atoms with Crippen molar-refractivity contribution in [1.29, 1.82) is 0 Å². The molecule has 0 aromatic carbocycles. The van der Waals surface area contributed by atoms with Crippen molar-refractivity contribution in [1.82, 2.24) is 5.32 Å². The summed E-state index contributed by atoms with van der Waals surface area (Å²) in [7, 11) is 0. The number of carbonyl (C=O) groups is 2. The molecular weight excluding hydrogens is 1180 g/mol. The van der Waals surface area contributed by atoms with E-state index in [-0.39, 0.29) is 18.5 Å². The maximum atomic E-state index is 13.1. The van der Waals surface area contributed by atoms with Gasteiger partial charge in [-0.1, -0.05) is 358 Å². The van der Waals surface area contributed by atoms with Gasteiger partial charge < -0.3 is 45.1 Å². The molecule has 1 heterocycles.